The fourth-order valence-electron chi connectivity index (χ4n) is 3.81. The molecule has 0 radical (unpaired) electrons. The average Bonchev–Trinajstić information content (AvgIpc) is 3.46. The zero-order valence-electron chi connectivity index (χ0n) is 21.2. The van der Waals surface area contributed by atoms with Gasteiger partial charge in [-0.2, -0.15) is 5.10 Å². The highest BCUT2D eigenvalue weighted by atomic mass is 32.1. The van der Waals surface area contributed by atoms with Crippen molar-refractivity contribution >= 4 is 34.0 Å². The molecule has 2 N–H and O–H groups in total. The van der Waals surface area contributed by atoms with Gasteiger partial charge in [0.1, 0.15) is 16.3 Å². The number of ether oxygens (including phenoxy) is 1. The summed E-state index contributed by atoms with van der Waals surface area (Å²) in [6.07, 6.45) is 0.887. The van der Waals surface area contributed by atoms with E-state index in [-0.39, 0.29) is 29.1 Å². The van der Waals surface area contributed by atoms with Gasteiger partial charge >= 0.3 is 6.09 Å². The number of thiazole rings is 1. The number of amides is 2. The Balaban J connectivity index is 1.51. The van der Waals surface area contributed by atoms with E-state index in [1.807, 2.05) is 11.6 Å². The Labute approximate surface area is 217 Å². The molecule has 0 saturated carbocycles. The summed E-state index contributed by atoms with van der Waals surface area (Å²) in [4.78, 5) is 37.0. The molecule has 37 heavy (non-hydrogen) atoms. The second kappa shape index (κ2) is 11.0. The third-order valence-electron chi connectivity index (χ3n) is 6.43. The number of piperidine rings is 1. The quantitative estimate of drug-likeness (QED) is 0.464. The first kappa shape index (κ1) is 26.7. The van der Waals surface area contributed by atoms with Crippen molar-refractivity contribution in [1.82, 2.24) is 29.8 Å². The van der Waals surface area contributed by atoms with Gasteiger partial charge in [-0.15, -0.1) is 11.3 Å². The Kier molecular flexibility index (Phi) is 7.90. The van der Waals surface area contributed by atoms with Crippen LogP contribution in [-0.4, -0.2) is 74.7 Å². The van der Waals surface area contributed by atoms with Gasteiger partial charge in [-0.1, -0.05) is 20.8 Å². The SMILES string of the molecule is C[C@@H](Nc1cc(C(=O)N2CCC(NC(=O)OCC(F)F)CC2)nc(-c2cnn3ccsc23)n1)C(C)(C)C. The number of likely N-dealkylation sites (tertiary alicyclic amines) is 1. The van der Waals surface area contributed by atoms with Crippen molar-refractivity contribution < 1.29 is 23.1 Å². The molecule has 1 atom stereocenters. The summed E-state index contributed by atoms with van der Waals surface area (Å²) >= 11 is 1.51. The molecule has 1 aliphatic rings. The van der Waals surface area contributed by atoms with Crippen LogP contribution in [0, 0.1) is 5.41 Å². The molecule has 3 aromatic rings. The van der Waals surface area contributed by atoms with Crippen molar-refractivity contribution in [3.63, 3.8) is 0 Å². The Hall–Kier alpha value is -3.35. The van der Waals surface area contributed by atoms with Crippen molar-refractivity contribution in [3.05, 3.63) is 29.5 Å². The maximum absolute atomic E-state index is 13.5. The van der Waals surface area contributed by atoms with Crippen molar-refractivity contribution in [1.29, 1.82) is 0 Å². The lowest BCUT2D eigenvalue weighted by Crippen LogP contribution is -2.47. The summed E-state index contributed by atoms with van der Waals surface area (Å²) < 4.78 is 30.7. The largest absolute Gasteiger partial charge is 0.443 e. The summed E-state index contributed by atoms with van der Waals surface area (Å²) in [6, 6.07) is 1.47. The number of alkyl carbamates (subject to hydrolysis) is 1. The number of alkyl halides is 2. The summed E-state index contributed by atoms with van der Waals surface area (Å²) in [5.41, 5.74) is 0.952. The first-order valence-electron chi connectivity index (χ1n) is 12.1. The number of halogens is 2. The van der Waals surface area contributed by atoms with Crippen LogP contribution in [0.5, 0.6) is 0 Å². The zero-order chi connectivity index (χ0) is 26.7. The molecule has 0 aromatic carbocycles. The summed E-state index contributed by atoms with van der Waals surface area (Å²) in [5, 5.41) is 12.3. The average molecular weight is 536 g/mol. The molecular formula is C24H31F2N7O3S. The van der Waals surface area contributed by atoms with Crippen LogP contribution < -0.4 is 10.6 Å². The van der Waals surface area contributed by atoms with Crippen LogP contribution in [0.15, 0.2) is 23.8 Å². The second-order valence-corrected chi connectivity index (χ2v) is 11.0. The van der Waals surface area contributed by atoms with Crippen molar-refractivity contribution in [2.75, 3.05) is 25.0 Å². The van der Waals surface area contributed by atoms with E-state index in [4.69, 9.17) is 4.98 Å². The minimum absolute atomic E-state index is 0.0423. The van der Waals surface area contributed by atoms with Gasteiger partial charge in [-0.25, -0.2) is 28.1 Å². The van der Waals surface area contributed by atoms with Gasteiger partial charge in [0.25, 0.3) is 12.3 Å². The Morgan fingerprint density at radius 1 is 1.24 bits per heavy atom. The van der Waals surface area contributed by atoms with Crippen molar-refractivity contribution in [2.24, 2.45) is 5.41 Å². The van der Waals surface area contributed by atoms with Gasteiger partial charge in [0.15, 0.2) is 12.4 Å². The van der Waals surface area contributed by atoms with E-state index >= 15 is 0 Å². The van der Waals surface area contributed by atoms with E-state index in [0.29, 0.717) is 37.6 Å². The van der Waals surface area contributed by atoms with Gasteiger partial charge in [-0.3, -0.25) is 4.79 Å². The molecule has 1 saturated heterocycles. The molecule has 0 spiro atoms. The maximum Gasteiger partial charge on any atom is 0.407 e. The lowest BCUT2D eigenvalue weighted by molar-refractivity contribution is 0.0456. The number of nitrogens with zero attached hydrogens (tertiary/aromatic N) is 5. The summed E-state index contributed by atoms with van der Waals surface area (Å²) in [6.45, 7) is 8.22. The van der Waals surface area contributed by atoms with Crippen LogP contribution in [-0.2, 0) is 4.74 Å². The Morgan fingerprint density at radius 3 is 2.65 bits per heavy atom. The topological polar surface area (TPSA) is 114 Å². The van der Waals surface area contributed by atoms with E-state index in [1.54, 1.807) is 21.7 Å². The number of hydrogen-bond donors (Lipinski definition) is 2. The standard InChI is InChI=1S/C24H31F2N7O3S/c1-14(24(2,3)4)28-19-11-17(30-20(31-19)16-12-27-33-9-10-37-22(16)33)21(34)32-7-5-15(6-8-32)29-23(35)36-13-18(25)26/h9-12,14-15,18H,5-8,13H2,1-4H3,(H,29,35)(H,28,30,31)/t14-/m1/s1. The normalized spacial score (nSPS) is 15.7. The predicted octanol–water partition coefficient (Wildman–Crippen LogP) is 4.30. The van der Waals surface area contributed by atoms with Crippen molar-refractivity contribution in [3.8, 4) is 11.4 Å². The first-order valence-corrected chi connectivity index (χ1v) is 13.0. The van der Waals surface area contributed by atoms with Gasteiger partial charge < -0.3 is 20.3 Å². The second-order valence-electron chi connectivity index (χ2n) is 10.1. The third-order valence-corrected chi connectivity index (χ3v) is 7.31. The molecule has 10 nitrogen and oxygen atoms in total. The van der Waals surface area contributed by atoms with Crippen LogP contribution in [0.25, 0.3) is 16.2 Å². The molecule has 2 amide bonds. The number of anilines is 1. The number of nitrogens with one attached hydrogen (secondary N) is 2. The number of carbonyl (C=O) groups excluding carboxylic acids is 2. The number of carbonyl (C=O) groups is 2. The smallest absolute Gasteiger partial charge is 0.407 e. The Bertz CT molecular complexity index is 1250. The molecule has 13 heteroatoms. The van der Waals surface area contributed by atoms with Crippen molar-refractivity contribution in [2.45, 2.75) is 59.0 Å². The highest BCUT2D eigenvalue weighted by molar-refractivity contribution is 7.16. The monoisotopic (exact) mass is 535 g/mol. The van der Waals surface area contributed by atoms with E-state index in [9.17, 15) is 18.4 Å². The van der Waals surface area contributed by atoms with Crippen LogP contribution in [0.1, 0.15) is 51.0 Å². The van der Waals surface area contributed by atoms with E-state index < -0.39 is 19.1 Å². The Morgan fingerprint density at radius 2 is 1.97 bits per heavy atom. The molecule has 4 heterocycles. The lowest BCUT2D eigenvalue weighted by Gasteiger charge is -2.32. The van der Waals surface area contributed by atoms with Gasteiger partial charge in [0, 0.05) is 42.8 Å². The number of aromatic nitrogens is 4. The maximum atomic E-state index is 13.5. The predicted molar refractivity (Wildman–Crippen MR) is 136 cm³/mol. The van der Waals surface area contributed by atoms with Crippen LogP contribution in [0.2, 0.25) is 0 Å². The van der Waals surface area contributed by atoms with Gasteiger partial charge in [0.05, 0.1) is 11.8 Å². The number of rotatable bonds is 7. The minimum atomic E-state index is -2.72. The number of hydrogen-bond acceptors (Lipinski definition) is 8. The van der Waals surface area contributed by atoms with Gasteiger partial charge in [0.2, 0.25) is 0 Å². The lowest BCUT2D eigenvalue weighted by atomic mass is 9.88. The minimum Gasteiger partial charge on any atom is -0.443 e. The molecule has 4 rings (SSSR count). The molecule has 200 valence electrons. The van der Waals surface area contributed by atoms with Gasteiger partial charge in [-0.05, 0) is 25.2 Å². The van der Waals surface area contributed by atoms with E-state index in [2.05, 4.69) is 53.1 Å². The first-order chi connectivity index (χ1) is 17.5. The van der Waals surface area contributed by atoms with E-state index in [0.717, 1.165) is 10.4 Å². The van der Waals surface area contributed by atoms with E-state index in [1.165, 1.54) is 11.3 Å². The fourth-order valence-corrected chi connectivity index (χ4v) is 4.60. The summed E-state index contributed by atoms with van der Waals surface area (Å²) in [5.74, 6) is 0.707. The molecular weight excluding hydrogens is 504 g/mol. The summed E-state index contributed by atoms with van der Waals surface area (Å²) in [7, 11) is 0. The molecule has 0 aliphatic carbocycles. The van der Waals surface area contributed by atoms with Crippen LogP contribution in [0.4, 0.5) is 19.4 Å². The molecule has 1 fully saturated rings. The fraction of sp³-hybridized carbons (Fsp3) is 0.542. The molecule has 3 aromatic heterocycles. The zero-order valence-corrected chi connectivity index (χ0v) is 22.0. The third kappa shape index (κ3) is 6.51. The van der Waals surface area contributed by atoms with Crippen LogP contribution >= 0.6 is 11.3 Å². The number of fused-ring (bicyclic) bond motifs is 1. The highest BCUT2D eigenvalue weighted by Crippen LogP contribution is 2.28. The highest BCUT2D eigenvalue weighted by Gasteiger charge is 2.28. The molecule has 0 bridgehead atoms. The molecule has 0 unspecified atom stereocenters. The van der Waals surface area contributed by atoms with Crippen LogP contribution in [0.3, 0.4) is 0 Å². The molecule has 1 aliphatic heterocycles.